The van der Waals surface area contributed by atoms with Gasteiger partial charge in [0.15, 0.2) is 5.13 Å². The van der Waals surface area contributed by atoms with Gasteiger partial charge < -0.3 is 20.5 Å². The molecule has 1 saturated heterocycles. The van der Waals surface area contributed by atoms with E-state index in [0.29, 0.717) is 48.3 Å². The van der Waals surface area contributed by atoms with Crippen molar-refractivity contribution in [1.82, 2.24) is 19.9 Å². The normalized spacial score (nSPS) is 13.8. The first kappa shape index (κ1) is 30.2. The van der Waals surface area contributed by atoms with Gasteiger partial charge in [0, 0.05) is 55.2 Å². The van der Waals surface area contributed by atoms with Gasteiger partial charge in [-0.1, -0.05) is 24.4 Å². The first-order valence-electron chi connectivity index (χ1n) is 12.8. The highest BCUT2D eigenvalue weighted by Crippen LogP contribution is 2.36. The summed E-state index contributed by atoms with van der Waals surface area (Å²) in [5.41, 5.74) is 7.77. The average molecular weight is 647 g/mol. The minimum atomic E-state index is -4.40. The van der Waals surface area contributed by atoms with E-state index < -0.39 is 21.8 Å². The highest BCUT2D eigenvalue weighted by Gasteiger charge is 2.30. The van der Waals surface area contributed by atoms with Gasteiger partial charge in [-0.05, 0) is 42.0 Å². The number of hydrogen-bond acceptors (Lipinski definition) is 9. The molecule has 2 aromatic carbocycles. The number of rotatable bonds is 6. The Kier molecular flexibility index (Phi) is 8.79. The Morgan fingerprint density at radius 2 is 1.63 bits per heavy atom. The van der Waals surface area contributed by atoms with Gasteiger partial charge in [-0.25, -0.2) is 23.4 Å². The van der Waals surface area contributed by atoms with Crippen molar-refractivity contribution in [3.63, 3.8) is 0 Å². The van der Waals surface area contributed by atoms with Gasteiger partial charge in [-0.2, -0.15) is 13.2 Å². The summed E-state index contributed by atoms with van der Waals surface area (Å²) in [4.78, 5) is 20.3. The van der Waals surface area contributed by atoms with Gasteiger partial charge in [0.25, 0.3) is 10.0 Å². The number of H-pyrrole nitrogens is 1. The van der Waals surface area contributed by atoms with Gasteiger partial charge >= 0.3 is 6.18 Å². The zero-order valence-electron chi connectivity index (χ0n) is 22.3. The summed E-state index contributed by atoms with van der Waals surface area (Å²) in [6, 6.07) is 11.8. The van der Waals surface area contributed by atoms with Crippen LogP contribution in [0, 0.1) is 0 Å². The maximum atomic E-state index is 13.0. The first-order chi connectivity index (χ1) is 20.6. The Morgan fingerprint density at radius 1 is 0.977 bits per heavy atom. The van der Waals surface area contributed by atoms with E-state index in [4.69, 9.17) is 0 Å². The maximum Gasteiger partial charge on any atom is 0.416 e. The number of sulfonamides is 1. The van der Waals surface area contributed by atoms with Crippen LogP contribution in [0.25, 0.3) is 22.2 Å². The largest absolute Gasteiger partial charge is 0.416 e. The van der Waals surface area contributed by atoms with Gasteiger partial charge in [0.1, 0.15) is 17.8 Å². The van der Waals surface area contributed by atoms with Crippen molar-refractivity contribution in [3.8, 4) is 11.1 Å². The molecule has 0 spiro atoms. The highest BCUT2D eigenvalue weighted by molar-refractivity contribution is 7.93. The number of piperazine rings is 1. The molecule has 1 aliphatic heterocycles. The molecule has 0 atom stereocenters. The topological polar surface area (TPSA) is 133 Å². The minimum absolute atomic E-state index is 0.150. The zero-order chi connectivity index (χ0) is 30.6. The monoisotopic (exact) mass is 646 g/mol. The second kappa shape index (κ2) is 12.5. The summed E-state index contributed by atoms with van der Waals surface area (Å²) >= 11 is 5.25. The number of benzene rings is 2. The fourth-order valence-corrected chi connectivity index (χ4v) is 6.50. The second-order valence-electron chi connectivity index (χ2n) is 9.25. The Bertz CT molecular complexity index is 1790. The molecule has 0 aliphatic carbocycles. The van der Waals surface area contributed by atoms with Gasteiger partial charge in [0.05, 0.1) is 21.3 Å². The molecule has 4 heterocycles. The Balaban J connectivity index is 0.00000118. The Hall–Kier alpha value is -4.28. The highest BCUT2D eigenvalue weighted by atomic mass is 32.2. The van der Waals surface area contributed by atoms with E-state index in [1.807, 2.05) is 0 Å². The van der Waals surface area contributed by atoms with E-state index in [0.717, 1.165) is 34.3 Å². The summed E-state index contributed by atoms with van der Waals surface area (Å²) in [6.45, 7) is 2.59. The quantitative estimate of drug-likeness (QED) is 0.215. The molecule has 16 heteroatoms. The van der Waals surface area contributed by atoms with Crippen LogP contribution in [0.5, 0.6) is 0 Å². The molecule has 5 aromatic rings. The van der Waals surface area contributed by atoms with Gasteiger partial charge in [0.2, 0.25) is 0 Å². The smallest absolute Gasteiger partial charge is 0.396 e. The SMILES string of the molecule is NC=S.O=S(=O)(Nc1nccs1)c1ccc(N2CCN(c3ncnc4[nH]cc(-c5ccc(C(F)(F)F)cc5)c34)CC2)cc1. The van der Waals surface area contributed by atoms with Crippen LogP contribution in [0.1, 0.15) is 5.56 Å². The number of alkyl halides is 3. The molecular weight excluding hydrogens is 622 g/mol. The summed E-state index contributed by atoms with van der Waals surface area (Å²) in [6.07, 6.45) is 0.333. The predicted molar refractivity (Wildman–Crippen MR) is 166 cm³/mol. The first-order valence-corrected chi connectivity index (χ1v) is 15.6. The zero-order valence-corrected chi connectivity index (χ0v) is 24.8. The molecule has 1 aliphatic rings. The third-order valence-corrected chi connectivity index (χ3v) is 8.89. The lowest BCUT2D eigenvalue weighted by atomic mass is 10.0. The fraction of sp³-hybridized carbons (Fsp3) is 0.185. The summed E-state index contributed by atoms with van der Waals surface area (Å²) in [5, 5.41) is 2.75. The van der Waals surface area contributed by atoms with Crippen LogP contribution in [0.15, 0.2) is 77.5 Å². The van der Waals surface area contributed by atoms with Gasteiger partial charge in [-0.15, -0.1) is 11.3 Å². The van der Waals surface area contributed by atoms with Crippen molar-refractivity contribution in [2.45, 2.75) is 11.1 Å². The molecule has 0 amide bonds. The lowest BCUT2D eigenvalue weighted by Gasteiger charge is -2.37. The number of halogens is 3. The number of thiazole rings is 1. The third-order valence-electron chi connectivity index (χ3n) is 6.72. The second-order valence-corrected chi connectivity index (χ2v) is 12.1. The van der Waals surface area contributed by atoms with Crippen LogP contribution in [0.4, 0.5) is 29.8 Å². The summed E-state index contributed by atoms with van der Waals surface area (Å²) in [5.74, 6) is 0.704. The molecule has 0 unspecified atom stereocenters. The molecular formula is C27H25F3N8O2S3. The van der Waals surface area contributed by atoms with Crippen LogP contribution >= 0.6 is 23.6 Å². The molecule has 6 rings (SSSR count). The number of nitrogens with one attached hydrogen (secondary N) is 2. The number of nitrogens with zero attached hydrogens (tertiary/aromatic N) is 5. The minimum Gasteiger partial charge on any atom is -0.396 e. The molecule has 4 N–H and O–H groups in total. The van der Waals surface area contributed by atoms with E-state index in [-0.39, 0.29) is 4.90 Å². The van der Waals surface area contributed by atoms with Crippen LogP contribution in [0.3, 0.4) is 0 Å². The molecule has 3 aromatic heterocycles. The molecule has 0 bridgehead atoms. The molecule has 1 fully saturated rings. The van der Waals surface area contributed by atoms with Crippen molar-refractivity contribution < 1.29 is 21.6 Å². The number of anilines is 3. The van der Waals surface area contributed by atoms with Crippen molar-refractivity contribution >= 4 is 66.7 Å². The Morgan fingerprint density at radius 3 is 2.23 bits per heavy atom. The lowest BCUT2D eigenvalue weighted by molar-refractivity contribution is -0.137. The number of fused-ring (bicyclic) bond motifs is 1. The van der Waals surface area contributed by atoms with Crippen LogP contribution in [-0.4, -0.2) is 60.0 Å². The van der Waals surface area contributed by atoms with E-state index in [1.165, 1.54) is 36.0 Å². The fourth-order valence-electron chi connectivity index (χ4n) is 4.71. The van der Waals surface area contributed by atoms with Crippen molar-refractivity contribution in [1.29, 1.82) is 0 Å². The van der Waals surface area contributed by atoms with E-state index in [1.54, 1.807) is 35.8 Å². The Labute approximate surface area is 254 Å². The third kappa shape index (κ3) is 6.71. The van der Waals surface area contributed by atoms with Crippen molar-refractivity contribution in [2.75, 3.05) is 40.7 Å². The van der Waals surface area contributed by atoms with Crippen molar-refractivity contribution in [3.05, 3.63) is 78.2 Å². The number of aromatic nitrogens is 4. The van der Waals surface area contributed by atoms with E-state index in [9.17, 15) is 21.6 Å². The molecule has 224 valence electrons. The van der Waals surface area contributed by atoms with Crippen LogP contribution in [-0.2, 0) is 16.2 Å². The number of nitrogens with two attached hydrogens (primary N) is 1. The lowest BCUT2D eigenvalue weighted by Crippen LogP contribution is -2.47. The molecule has 43 heavy (non-hydrogen) atoms. The standard InChI is InChI=1S/C26H22F3N7O2S2.CH3NS/c27-26(28,29)18-3-1-17(2-4-18)21-15-31-23-22(21)24(33-16-32-23)36-12-10-35(11-13-36)19-5-7-20(8-6-19)40(37,38)34-25-30-9-14-39-25;2-1-3/h1-9,14-16H,10-13H2,(H,30,34)(H,31,32,33);1H,(H2,2,3). The molecule has 10 nitrogen and oxygen atoms in total. The average Bonchev–Trinajstić information content (AvgIpc) is 3.67. The molecule has 0 saturated carbocycles. The van der Waals surface area contributed by atoms with Crippen LogP contribution in [0.2, 0.25) is 0 Å². The molecule has 0 radical (unpaired) electrons. The number of aromatic amines is 1. The number of thiocarbonyl (C=S) groups is 1. The van der Waals surface area contributed by atoms with Crippen molar-refractivity contribution in [2.24, 2.45) is 5.73 Å². The maximum absolute atomic E-state index is 13.0. The van der Waals surface area contributed by atoms with Gasteiger partial charge in [-0.3, -0.25) is 4.72 Å². The summed E-state index contributed by atoms with van der Waals surface area (Å²) < 4.78 is 66.9. The van der Waals surface area contributed by atoms with E-state index >= 15 is 0 Å². The predicted octanol–water partition coefficient (Wildman–Crippen LogP) is 5.13. The number of hydrogen-bond donors (Lipinski definition) is 3. The summed E-state index contributed by atoms with van der Waals surface area (Å²) in [7, 11) is -3.73. The van der Waals surface area contributed by atoms with E-state index in [2.05, 4.69) is 52.4 Å². The van der Waals surface area contributed by atoms with Crippen LogP contribution < -0.4 is 20.3 Å².